The van der Waals surface area contributed by atoms with Crippen molar-refractivity contribution in [3.05, 3.63) is 12.7 Å². The second-order valence-corrected chi connectivity index (χ2v) is 6.59. The van der Waals surface area contributed by atoms with E-state index >= 15 is 0 Å². The minimum Gasteiger partial charge on any atom is -0.396 e. The van der Waals surface area contributed by atoms with Gasteiger partial charge in [0.15, 0.2) is 0 Å². The van der Waals surface area contributed by atoms with E-state index in [0.29, 0.717) is 0 Å². The molecule has 0 fully saturated rings. The summed E-state index contributed by atoms with van der Waals surface area (Å²) in [5, 5.41) is 29.3. The molecule has 0 aromatic rings. The third-order valence-electron chi connectivity index (χ3n) is 4.45. The Morgan fingerprint density at radius 1 is 1.24 bits per heavy atom. The molecule has 0 saturated carbocycles. The third kappa shape index (κ3) is 5.89. The molecule has 0 aromatic heterocycles. The van der Waals surface area contributed by atoms with Crippen LogP contribution < -0.4 is 0 Å². The number of carbonyl (C=O) groups is 1. The zero-order valence-electron chi connectivity index (χ0n) is 13.9. The molecule has 0 saturated heterocycles. The maximum Gasteiger partial charge on any atom is 0.146 e. The first-order valence-corrected chi connectivity index (χ1v) is 7.82. The molecule has 124 valence electrons. The molecule has 4 nitrogen and oxygen atoms in total. The Hall–Kier alpha value is -0.710. The van der Waals surface area contributed by atoms with E-state index in [2.05, 4.69) is 6.58 Å². The maximum absolute atomic E-state index is 12.5. The summed E-state index contributed by atoms with van der Waals surface area (Å²) in [6.45, 7) is 10.5. The molecule has 0 radical (unpaired) electrons. The van der Waals surface area contributed by atoms with E-state index in [9.17, 15) is 15.0 Å². The van der Waals surface area contributed by atoms with Crippen LogP contribution in [0.2, 0.25) is 0 Å². The van der Waals surface area contributed by atoms with Crippen molar-refractivity contribution in [2.24, 2.45) is 17.3 Å². The number of aliphatic hydroxyl groups excluding tert-OH is 3. The second kappa shape index (κ2) is 9.34. The van der Waals surface area contributed by atoms with Gasteiger partial charge < -0.3 is 15.3 Å². The first kappa shape index (κ1) is 20.3. The minimum atomic E-state index is -0.968. The summed E-state index contributed by atoms with van der Waals surface area (Å²) in [6, 6.07) is 0. The Morgan fingerprint density at radius 3 is 2.29 bits per heavy atom. The fourth-order valence-corrected chi connectivity index (χ4v) is 2.64. The van der Waals surface area contributed by atoms with E-state index < -0.39 is 23.5 Å². The van der Waals surface area contributed by atoms with Crippen LogP contribution in [0.4, 0.5) is 0 Å². The van der Waals surface area contributed by atoms with Crippen LogP contribution >= 0.6 is 0 Å². The van der Waals surface area contributed by atoms with Crippen molar-refractivity contribution in [1.82, 2.24) is 0 Å². The highest BCUT2D eigenvalue weighted by molar-refractivity contribution is 5.87. The van der Waals surface area contributed by atoms with Crippen LogP contribution in [0.15, 0.2) is 12.7 Å². The standard InChI is InChI=1S/C17H32O4/c1-6-7-8-9-12(2)15(20)13(3)16(21)17(4,5)14(19)10-11-18/h6,12-15,18-20H,1,7-11H2,2-5H3/t12-,13+,14-,15-/m0/s1. The normalized spacial score (nSPS) is 17.9. The fraction of sp³-hybridized carbons (Fsp3) is 0.824. The Bertz CT molecular complexity index is 325. The first-order chi connectivity index (χ1) is 9.69. The van der Waals surface area contributed by atoms with Gasteiger partial charge in [0, 0.05) is 17.9 Å². The lowest BCUT2D eigenvalue weighted by Gasteiger charge is -2.34. The third-order valence-corrected chi connectivity index (χ3v) is 4.45. The van der Waals surface area contributed by atoms with Gasteiger partial charge in [-0.2, -0.15) is 0 Å². The van der Waals surface area contributed by atoms with Gasteiger partial charge in [-0.25, -0.2) is 0 Å². The van der Waals surface area contributed by atoms with E-state index in [4.69, 9.17) is 5.11 Å². The van der Waals surface area contributed by atoms with E-state index in [0.717, 1.165) is 19.3 Å². The number of rotatable bonds is 11. The van der Waals surface area contributed by atoms with Crippen LogP contribution in [0.5, 0.6) is 0 Å². The Morgan fingerprint density at radius 2 is 1.81 bits per heavy atom. The van der Waals surface area contributed by atoms with Crippen molar-refractivity contribution in [3.63, 3.8) is 0 Å². The molecule has 21 heavy (non-hydrogen) atoms. The van der Waals surface area contributed by atoms with Crippen molar-refractivity contribution in [2.45, 2.75) is 65.6 Å². The molecule has 0 amide bonds. The van der Waals surface area contributed by atoms with Gasteiger partial charge in [-0.15, -0.1) is 6.58 Å². The smallest absolute Gasteiger partial charge is 0.146 e. The summed E-state index contributed by atoms with van der Waals surface area (Å²) in [5.74, 6) is -0.673. The summed E-state index contributed by atoms with van der Waals surface area (Å²) in [5.41, 5.74) is -0.968. The van der Waals surface area contributed by atoms with E-state index in [1.807, 2.05) is 13.0 Å². The molecule has 0 aliphatic rings. The highest BCUT2D eigenvalue weighted by Crippen LogP contribution is 2.31. The number of hydrogen-bond donors (Lipinski definition) is 3. The number of Topliss-reactive ketones (excluding diaryl/α,β-unsaturated/α-hetero) is 1. The second-order valence-electron chi connectivity index (χ2n) is 6.59. The summed E-state index contributed by atoms with van der Waals surface area (Å²) < 4.78 is 0. The van der Waals surface area contributed by atoms with Crippen molar-refractivity contribution in [3.8, 4) is 0 Å². The van der Waals surface area contributed by atoms with Gasteiger partial charge in [0.05, 0.1) is 12.2 Å². The SMILES string of the molecule is C=CCCC[C@H](C)[C@H](O)[C@@H](C)C(=O)C(C)(C)[C@@H](O)CCO. The molecule has 0 aliphatic carbocycles. The molecule has 3 N–H and O–H groups in total. The van der Waals surface area contributed by atoms with Crippen molar-refractivity contribution in [2.75, 3.05) is 6.61 Å². The molecule has 0 unspecified atom stereocenters. The molecular formula is C17H32O4. The molecule has 0 aliphatic heterocycles. The minimum absolute atomic E-state index is 0.0229. The van der Waals surface area contributed by atoms with Gasteiger partial charge in [0.25, 0.3) is 0 Å². The number of unbranched alkanes of at least 4 members (excludes halogenated alkanes) is 1. The average Bonchev–Trinajstić information content (AvgIpc) is 2.45. The van der Waals surface area contributed by atoms with Crippen LogP contribution in [0.1, 0.15) is 53.4 Å². The molecule has 0 spiro atoms. The lowest BCUT2D eigenvalue weighted by atomic mass is 9.73. The van der Waals surface area contributed by atoms with Gasteiger partial charge in [-0.1, -0.05) is 33.8 Å². The summed E-state index contributed by atoms with van der Waals surface area (Å²) in [4.78, 5) is 12.5. The molecule has 0 aromatic carbocycles. The Kier molecular flexibility index (Phi) is 9.02. The van der Waals surface area contributed by atoms with Gasteiger partial charge in [-0.3, -0.25) is 4.79 Å². The largest absolute Gasteiger partial charge is 0.396 e. The van der Waals surface area contributed by atoms with Gasteiger partial charge in [0.1, 0.15) is 5.78 Å². The highest BCUT2D eigenvalue weighted by atomic mass is 16.3. The number of hydrogen-bond acceptors (Lipinski definition) is 4. The molecule has 0 heterocycles. The quantitative estimate of drug-likeness (QED) is 0.404. The molecule has 4 atom stereocenters. The zero-order valence-corrected chi connectivity index (χ0v) is 13.9. The van der Waals surface area contributed by atoms with E-state index in [1.165, 1.54) is 0 Å². The van der Waals surface area contributed by atoms with Crippen LogP contribution in [-0.4, -0.2) is 39.9 Å². The average molecular weight is 300 g/mol. The topological polar surface area (TPSA) is 77.8 Å². The van der Waals surface area contributed by atoms with Crippen molar-refractivity contribution < 1.29 is 20.1 Å². The van der Waals surface area contributed by atoms with Gasteiger partial charge in [-0.05, 0) is 31.6 Å². The van der Waals surface area contributed by atoms with E-state index in [-0.39, 0.29) is 24.7 Å². The van der Waals surface area contributed by atoms with Crippen LogP contribution in [0.3, 0.4) is 0 Å². The molecule has 0 rings (SSSR count). The van der Waals surface area contributed by atoms with Gasteiger partial charge >= 0.3 is 0 Å². The van der Waals surface area contributed by atoms with E-state index in [1.54, 1.807) is 20.8 Å². The van der Waals surface area contributed by atoms with Crippen molar-refractivity contribution >= 4 is 5.78 Å². The monoisotopic (exact) mass is 300 g/mol. The zero-order chi connectivity index (χ0) is 16.6. The summed E-state index contributed by atoms with van der Waals surface area (Å²) in [6.07, 6.45) is 3.07. The number of ketones is 1. The number of allylic oxidation sites excluding steroid dienone is 1. The number of carbonyl (C=O) groups excluding carboxylic acids is 1. The maximum atomic E-state index is 12.5. The molecule has 4 heteroatoms. The molecular weight excluding hydrogens is 268 g/mol. The fourth-order valence-electron chi connectivity index (χ4n) is 2.64. The Balaban J connectivity index is 4.70. The molecule has 0 bridgehead atoms. The summed E-state index contributed by atoms with van der Waals surface area (Å²) in [7, 11) is 0. The first-order valence-electron chi connectivity index (χ1n) is 7.82. The predicted octanol–water partition coefficient (Wildman–Crippen LogP) is 2.31. The predicted molar refractivity (Wildman–Crippen MR) is 84.9 cm³/mol. The number of aliphatic hydroxyl groups is 3. The lowest BCUT2D eigenvalue weighted by Crippen LogP contribution is -2.45. The Labute approximate surface area is 128 Å². The van der Waals surface area contributed by atoms with Crippen LogP contribution in [0, 0.1) is 17.3 Å². The van der Waals surface area contributed by atoms with Crippen LogP contribution in [-0.2, 0) is 4.79 Å². The van der Waals surface area contributed by atoms with Crippen molar-refractivity contribution in [1.29, 1.82) is 0 Å². The highest BCUT2D eigenvalue weighted by Gasteiger charge is 2.40. The van der Waals surface area contributed by atoms with Gasteiger partial charge in [0.2, 0.25) is 0 Å². The lowest BCUT2D eigenvalue weighted by molar-refractivity contribution is -0.142. The summed E-state index contributed by atoms with van der Waals surface area (Å²) >= 11 is 0. The van der Waals surface area contributed by atoms with Crippen LogP contribution in [0.25, 0.3) is 0 Å².